The lowest BCUT2D eigenvalue weighted by molar-refractivity contribution is -0.115. The molecule has 132 valence electrons. The first-order chi connectivity index (χ1) is 12.5. The maximum atomic E-state index is 12.4. The molecule has 2 aromatic rings. The molecule has 6 nitrogen and oxygen atoms in total. The maximum Gasteiger partial charge on any atom is 0.248 e. The molecule has 1 heterocycles. The Morgan fingerprint density at radius 2 is 2.04 bits per heavy atom. The molecule has 1 atom stereocenters. The van der Waals surface area contributed by atoms with Crippen LogP contribution in [0.25, 0.3) is 0 Å². The molecule has 0 saturated carbocycles. The minimum atomic E-state index is -0.515. The highest BCUT2D eigenvalue weighted by Gasteiger charge is 2.21. The van der Waals surface area contributed by atoms with Gasteiger partial charge in [-0.2, -0.15) is 5.26 Å². The summed E-state index contributed by atoms with van der Waals surface area (Å²) >= 11 is 1.28. The summed E-state index contributed by atoms with van der Waals surface area (Å²) in [5, 5.41) is 12.3. The van der Waals surface area contributed by atoms with Crippen LogP contribution in [0.4, 0.5) is 5.69 Å². The molecule has 1 aliphatic carbocycles. The standard InChI is InChI=1S/C19H18N4O2S/c1-11(18(25)22-15-7-5-12(6-8-15)17(21)24)26-19-14(10-20)9-13-3-2-4-16(13)23-19/h5-9,11H,2-4H2,1H3,(H2,21,24)(H,22,25). The zero-order valence-electron chi connectivity index (χ0n) is 14.3. The van der Waals surface area contributed by atoms with Gasteiger partial charge in [0.1, 0.15) is 11.1 Å². The number of aromatic nitrogens is 1. The van der Waals surface area contributed by atoms with E-state index in [0.717, 1.165) is 30.5 Å². The van der Waals surface area contributed by atoms with Gasteiger partial charge in [-0.05, 0) is 62.1 Å². The second-order valence-electron chi connectivity index (χ2n) is 6.10. The number of aryl methyl sites for hydroxylation is 2. The Morgan fingerprint density at radius 3 is 2.69 bits per heavy atom. The van der Waals surface area contributed by atoms with Crippen molar-refractivity contribution in [2.75, 3.05) is 5.32 Å². The number of thioether (sulfide) groups is 1. The van der Waals surface area contributed by atoms with Crippen molar-refractivity contribution in [2.45, 2.75) is 36.5 Å². The monoisotopic (exact) mass is 366 g/mol. The van der Waals surface area contributed by atoms with Gasteiger partial charge in [0.2, 0.25) is 11.8 Å². The molecule has 1 aliphatic rings. The van der Waals surface area contributed by atoms with Gasteiger partial charge in [0, 0.05) is 16.9 Å². The number of hydrogen-bond acceptors (Lipinski definition) is 5. The number of hydrogen-bond donors (Lipinski definition) is 2. The molecule has 0 radical (unpaired) electrons. The first-order valence-corrected chi connectivity index (χ1v) is 9.16. The van der Waals surface area contributed by atoms with Crippen LogP contribution in [0, 0.1) is 11.3 Å². The molecule has 0 spiro atoms. The van der Waals surface area contributed by atoms with Gasteiger partial charge < -0.3 is 11.1 Å². The van der Waals surface area contributed by atoms with E-state index in [2.05, 4.69) is 16.4 Å². The Kier molecular flexibility index (Phi) is 5.24. The Balaban J connectivity index is 1.70. The van der Waals surface area contributed by atoms with Crippen LogP contribution in [-0.2, 0) is 17.6 Å². The highest BCUT2D eigenvalue weighted by molar-refractivity contribution is 8.00. The summed E-state index contributed by atoms with van der Waals surface area (Å²) in [6.07, 6.45) is 2.93. The smallest absolute Gasteiger partial charge is 0.248 e. The predicted octanol–water partition coefficient (Wildman–Crippen LogP) is 2.66. The fourth-order valence-electron chi connectivity index (χ4n) is 2.81. The van der Waals surface area contributed by atoms with Gasteiger partial charge in [-0.3, -0.25) is 9.59 Å². The predicted molar refractivity (Wildman–Crippen MR) is 99.9 cm³/mol. The number of carbonyl (C=O) groups is 2. The number of fused-ring (bicyclic) bond motifs is 1. The molecule has 0 aliphatic heterocycles. The van der Waals surface area contributed by atoms with Gasteiger partial charge in [-0.1, -0.05) is 11.8 Å². The van der Waals surface area contributed by atoms with Crippen LogP contribution in [0.5, 0.6) is 0 Å². The number of carbonyl (C=O) groups excluding carboxylic acids is 2. The van der Waals surface area contributed by atoms with Gasteiger partial charge >= 0.3 is 0 Å². The van der Waals surface area contributed by atoms with Crippen LogP contribution < -0.4 is 11.1 Å². The second kappa shape index (κ2) is 7.58. The zero-order chi connectivity index (χ0) is 18.7. The van der Waals surface area contributed by atoms with E-state index in [1.165, 1.54) is 11.8 Å². The van der Waals surface area contributed by atoms with E-state index in [4.69, 9.17) is 5.73 Å². The summed E-state index contributed by atoms with van der Waals surface area (Å²) in [6, 6.07) is 10.5. The number of nitrogens with zero attached hydrogens (tertiary/aromatic N) is 2. The summed E-state index contributed by atoms with van der Waals surface area (Å²) in [5.74, 6) is -0.716. The molecule has 1 unspecified atom stereocenters. The fourth-order valence-corrected chi connectivity index (χ4v) is 3.70. The summed E-state index contributed by atoms with van der Waals surface area (Å²) in [6.45, 7) is 1.77. The van der Waals surface area contributed by atoms with Crippen LogP contribution in [0.3, 0.4) is 0 Å². The van der Waals surface area contributed by atoms with E-state index in [0.29, 0.717) is 21.8 Å². The third kappa shape index (κ3) is 3.86. The number of nitrogens with one attached hydrogen (secondary N) is 1. The molecule has 1 aromatic heterocycles. The van der Waals surface area contributed by atoms with E-state index < -0.39 is 11.2 Å². The lowest BCUT2D eigenvalue weighted by Gasteiger charge is -2.13. The van der Waals surface area contributed by atoms with Crippen molar-refractivity contribution < 1.29 is 9.59 Å². The number of rotatable bonds is 5. The normalized spacial score (nSPS) is 13.5. The van der Waals surface area contributed by atoms with Gasteiger partial charge in [0.25, 0.3) is 0 Å². The second-order valence-corrected chi connectivity index (χ2v) is 7.43. The topological polar surface area (TPSA) is 109 Å². The summed E-state index contributed by atoms with van der Waals surface area (Å²) in [5.41, 5.74) is 8.84. The van der Waals surface area contributed by atoms with Gasteiger partial charge in [-0.25, -0.2) is 4.98 Å². The Morgan fingerprint density at radius 1 is 1.31 bits per heavy atom. The van der Waals surface area contributed by atoms with Gasteiger partial charge in [0.05, 0.1) is 10.8 Å². The van der Waals surface area contributed by atoms with Crippen molar-refractivity contribution in [1.82, 2.24) is 4.98 Å². The molecule has 1 aromatic carbocycles. The number of nitriles is 1. The quantitative estimate of drug-likeness (QED) is 0.791. The lowest BCUT2D eigenvalue weighted by Crippen LogP contribution is -2.22. The van der Waals surface area contributed by atoms with Crippen molar-refractivity contribution in [3.63, 3.8) is 0 Å². The third-order valence-electron chi connectivity index (χ3n) is 4.23. The molecule has 2 amide bonds. The van der Waals surface area contributed by atoms with E-state index >= 15 is 0 Å². The number of nitrogens with two attached hydrogens (primary N) is 1. The number of primary amides is 1. The number of benzene rings is 1. The number of amides is 2. The van der Waals surface area contributed by atoms with Crippen molar-refractivity contribution in [3.8, 4) is 6.07 Å². The van der Waals surface area contributed by atoms with Gasteiger partial charge in [-0.15, -0.1) is 0 Å². The first kappa shape index (κ1) is 18.0. The van der Waals surface area contributed by atoms with Crippen molar-refractivity contribution >= 4 is 29.3 Å². The lowest BCUT2D eigenvalue weighted by atomic mass is 10.2. The Bertz CT molecular complexity index is 903. The summed E-state index contributed by atoms with van der Waals surface area (Å²) < 4.78 is 0. The van der Waals surface area contributed by atoms with Crippen LogP contribution in [0.1, 0.15) is 40.5 Å². The van der Waals surface area contributed by atoms with E-state index in [9.17, 15) is 14.9 Å². The fraction of sp³-hybridized carbons (Fsp3) is 0.263. The molecule has 3 N–H and O–H groups in total. The highest BCUT2D eigenvalue weighted by Crippen LogP contribution is 2.30. The number of anilines is 1. The maximum absolute atomic E-state index is 12.4. The molecule has 7 heteroatoms. The van der Waals surface area contributed by atoms with Crippen LogP contribution in [0.2, 0.25) is 0 Å². The van der Waals surface area contributed by atoms with E-state index in [1.807, 2.05) is 6.07 Å². The SMILES string of the molecule is CC(Sc1nc2c(cc1C#N)CCC2)C(=O)Nc1ccc(C(N)=O)cc1. The van der Waals surface area contributed by atoms with Crippen molar-refractivity contribution in [3.05, 3.63) is 52.7 Å². The Labute approximate surface area is 155 Å². The largest absolute Gasteiger partial charge is 0.366 e. The minimum Gasteiger partial charge on any atom is -0.366 e. The van der Waals surface area contributed by atoms with E-state index in [-0.39, 0.29) is 5.91 Å². The molecule has 0 fully saturated rings. The zero-order valence-corrected chi connectivity index (χ0v) is 15.1. The van der Waals surface area contributed by atoms with Gasteiger partial charge in [0.15, 0.2) is 0 Å². The molecule has 26 heavy (non-hydrogen) atoms. The summed E-state index contributed by atoms with van der Waals surface area (Å²) in [4.78, 5) is 28.1. The first-order valence-electron chi connectivity index (χ1n) is 8.28. The third-order valence-corrected chi connectivity index (χ3v) is 5.33. The molecule has 0 bridgehead atoms. The van der Waals surface area contributed by atoms with E-state index in [1.54, 1.807) is 31.2 Å². The highest BCUT2D eigenvalue weighted by atomic mass is 32.2. The molecular weight excluding hydrogens is 348 g/mol. The number of pyridine rings is 1. The molecular formula is C19H18N4O2S. The van der Waals surface area contributed by atoms with Crippen molar-refractivity contribution in [2.24, 2.45) is 5.73 Å². The molecule has 3 rings (SSSR count). The summed E-state index contributed by atoms with van der Waals surface area (Å²) in [7, 11) is 0. The minimum absolute atomic E-state index is 0.201. The van der Waals surface area contributed by atoms with Crippen LogP contribution in [0.15, 0.2) is 35.4 Å². The molecule has 0 saturated heterocycles. The Hall–Kier alpha value is -2.85. The average Bonchev–Trinajstić information content (AvgIpc) is 3.08. The van der Waals surface area contributed by atoms with Crippen molar-refractivity contribution in [1.29, 1.82) is 5.26 Å². The average molecular weight is 366 g/mol. The van der Waals surface area contributed by atoms with Crippen LogP contribution >= 0.6 is 11.8 Å². The van der Waals surface area contributed by atoms with Crippen LogP contribution in [-0.4, -0.2) is 22.0 Å².